The van der Waals surface area contributed by atoms with Gasteiger partial charge in [-0.25, -0.2) is 0 Å². The van der Waals surface area contributed by atoms with Crippen LogP contribution < -0.4 is 5.32 Å². The van der Waals surface area contributed by atoms with Crippen LogP contribution in [0.5, 0.6) is 0 Å². The van der Waals surface area contributed by atoms with Gasteiger partial charge in [0.1, 0.15) is 0 Å². The van der Waals surface area contributed by atoms with E-state index in [2.05, 4.69) is 44.3 Å². The van der Waals surface area contributed by atoms with Gasteiger partial charge in [-0.1, -0.05) is 44.4 Å². The number of hydrogen-bond acceptors (Lipinski definition) is 1. The van der Waals surface area contributed by atoms with Gasteiger partial charge in [-0.2, -0.15) is 0 Å². The predicted octanol–water partition coefficient (Wildman–Crippen LogP) is 4.36. The van der Waals surface area contributed by atoms with Gasteiger partial charge in [0, 0.05) is 12.6 Å². The minimum Gasteiger partial charge on any atom is -0.310 e. The Hall–Kier alpha value is -0.820. The number of benzene rings is 1. The van der Waals surface area contributed by atoms with Crippen LogP contribution in [-0.4, -0.2) is 6.04 Å². The monoisotopic (exact) mass is 245 g/mol. The minimum atomic E-state index is 0.739. The lowest BCUT2D eigenvalue weighted by molar-refractivity contribution is 0.254. The van der Waals surface area contributed by atoms with Crippen molar-refractivity contribution in [3.05, 3.63) is 34.9 Å². The summed E-state index contributed by atoms with van der Waals surface area (Å²) >= 11 is 0. The van der Waals surface area contributed by atoms with E-state index in [0.29, 0.717) is 0 Å². The lowest BCUT2D eigenvalue weighted by atomic mass is 9.82. The molecule has 1 aliphatic rings. The van der Waals surface area contributed by atoms with Crippen LogP contribution in [0.15, 0.2) is 18.2 Å². The Kier molecular flexibility index (Phi) is 4.82. The highest BCUT2D eigenvalue weighted by Gasteiger charge is 2.23. The lowest BCUT2D eigenvalue weighted by Gasteiger charge is -2.32. The molecule has 0 amide bonds. The fourth-order valence-electron chi connectivity index (χ4n) is 3.33. The number of aryl methyl sites for hydroxylation is 2. The molecule has 1 fully saturated rings. The van der Waals surface area contributed by atoms with Gasteiger partial charge in [0.25, 0.3) is 0 Å². The molecule has 0 saturated heterocycles. The first kappa shape index (κ1) is 13.6. The summed E-state index contributed by atoms with van der Waals surface area (Å²) in [7, 11) is 0. The topological polar surface area (TPSA) is 12.0 Å². The van der Waals surface area contributed by atoms with E-state index in [0.717, 1.165) is 18.5 Å². The number of rotatable bonds is 4. The second kappa shape index (κ2) is 6.38. The van der Waals surface area contributed by atoms with Crippen molar-refractivity contribution >= 4 is 0 Å². The van der Waals surface area contributed by atoms with Crippen LogP contribution in [-0.2, 0) is 6.54 Å². The molecule has 0 aromatic heterocycles. The molecule has 1 saturated carbocycles. The Balaban J connectivity index is 1.98. The molecule has 1 aromatic carbocycles. The molecule has 2 rings (SSSR count). The van der Waals surface area contributed by atoms with Crippen molar-refractivity contribution in [3.8, 4) is 0 Å². The first-order chi connectivity index (χ1) is 8.72. The number of nitrogens with one attached hydrogen (secondary N) is 1. The van der Waals surface area contributed by atoms with Crippen molar-refractivity contribution in [2.24, 2.45) is 5.92 Å². The van der Waals surface area contributed by atoms with Gasteiger partial charge < -0.3 is 5.32 Å². The molecule has 1 nitrogen and oxygen atoms in total. The van der Waals surface area contributed by atoms with Crippen molar-refractivity contribution < 1.29 is 0 Å². The van der Waals surface area contributed by atoms with Crippen LogP contribution in [0.25, 0.3) is 0 Å². The molecule has 1 aliphatic carbocycles. The summed E-state index contributed by atoms with van der Waals surface area (Å²) in [4.78, 5) is 0. The molecule has 0 spiro atoms. The molecule has 0 radical (unpaired) electrons. The largest absolute Gasteiger partial charge is 0.310 e. The zero-order chi connectivity index (χ0) is 13.0. The zero-order valence-electron chi connectivity index (χ0n) is 12.1. The first-order valence-electron chi connectivity index (χ1n) is 7.50. The van der Waals surface area contributed by atoms with Crippen LogP contribution in [0, 0.1) is 19.8 Å². The van der Waals surface area contributed by atoms with Gasteiger partial charge in [-0.3, -0.25) is 0 Å². The highest BCUT2D eigenvalue weighted by molar-refractivity contribution is 5.33. The molecule has 18 heavy (non-hydrogen) atoms. The van der Waals surface area contributed by atoms with Crippen LogP contribution in [0.1, 0.15) is 55.7 Å². The maximum atomic E-state index is 3.82. The highest BCUT2D eigenvalue weighted by atomic mass is 14.9. The van der Waals surface area contributed by atoms with Crippen LogP contribution in [0.2, 0.25) is 0 Å². The van der Waals surface area contributed by atoms with Crippen molar-refractivity contribution in [1.82, 2.24) is 5.32 Å². The Morgan fingerprint density at radius 2 is 1.78 bits per heavy atom. The van der Waals surface area contributed by atoms with Gasteiger partial charge >= 0.3 is 0 Å². The molecule has 2 atom stereocenters. The molecule has 100 valence electrons. The summed E-state index contributed by atoms with van der Waals surface area (Å²) in [5.41, 5.74) is 4.34. The SMILES string of the molecule is CCC1CCCCC1NCc1c(C)cccc1C. The summed E-state index contributed by atoms with van der Waals surface area (Å²) in [5, 5.41) is 3.82. The Morgan fingerprint density at radius 1 is 1.11 bits per heavy atom. The summed E-state index contributed by atoms with van der Waals surface area (Å²) in [5.74, 6) is 0.892. The van der Waals surface area contributed by atoms with E-state index >= 15 is 0 Å². The molecular formula is C17H27N. The molecule has 2 unspecified atom stereocenters. The van der Waals surface area contributed by atoms with E-state index in [1.165, 1.54) is 48.8 Å². The first-order valence-corrected chi connectivity index (χ1v) is 7.50. The van der Waals surface area contributed by atoms with E-state index in [1.807, 2.05) is 0 Å². The fourth-order valence-corrected chi connectivity index (χ4v) is 3.33. The lowest BCUT2D eigenvalue weighted by Crippen LogP contribution is -2.38. The standard InChI is InChI=1S/C17H27N/c1-4-15-10-5-6-11-17(15)18-12-16-13(2)8-7-9-14(16)3/h7-9,15,17-18H,4-6,10-12H2,1-3H3. The van der Waals surface area contributed by atoms with Crippen LogP contribution >= 0.6 is 0 Å². The van der Waals surface area contributed by atoms with Crippen molar-refractivity contribution in [2.75, 3.05) is 0 Å². The maximum Gasteiger partial charge on any atom is 0.0213 e. The van der Waals surface area contributed by atoms with Gasteiger partial charge in [-0.05, 0) is 49.3 Å². The maximum absolute atomic E-state index is 3.82. The Labute approximate surface area is 112 Å². The van der Waals surface area contributed by atoms with Gasteiger partial charge in [0.2, 0.25) is 0 Å². The summed E-state index contributed by atoms with van der Waals surface area (Å²) < 4.78 is 0. The molecule has 0 bridgehead atoms. The second-order valence-electron chi connectivity index (χ2n) is 5.81. The third kappa shape index (κ3) is 3.14. The minimum absolute atomic E-state index is 0.739. The van der Waals surface area contributed by atoms with Crippen LogP contribution in [0.4, 0.5) is 0 Å². The van der Waals surface area contributed by atoms with E-state index in [1.54, 1.807) is 0 Å². The van der Waals surface area contributed by atoms with E-state index < -0.39 is 0 Å². The van der Waals surface area contributed by atoms with Gasteiger partial charge in [-0.15, -0.1) is 0 Å². The average molecular weight is 245 g/mol. The summed E-state index contributed by atoms with van der Waals surface area (Å²) in [6.07, 6.45) is 6.94. The van der Waals surface area contributed by atoms with Gasteiger partial charge in [0.15, 0.2) is 0 Å². The highest BCUT2D eigenvalue weighted by Crippen LogP contribution is 2.27. The molecule has 0 aliphatic heterocycles. The Bertz CT molecular complexity index is 363. The molecule has 1 heteroatoms. The zero-order valence-corrected chi connectivity index (χ0v) is 12.1. The molecular weight excluding hydrogens is 218 g/mol. The third-order valence-corrected chi connectivity index (χ3v) is 4.62. The van der Waals surface area contributed by atoms with Crippen LogP contribution in [0.3, 0.4) is 0 Å². The molecule has 1 N–H and O–H groups in total. The second-order valence-corrected chi connectivity index (χ2v) is 5.81. The summed E-state index contributed by atoms with van der Waals surface area (Å²) in [6, 6.07) is 7.34. The average Bonchev–Trinajstić information content (AvgIpc) is 2.38. The fraction of sp³-hybridized carbons (Fsp3) is 0.647. The quantitative estimate of drug-likeness (QED) is 0.831. The van der Waals surface area contributed by atoms with E-state index in [4.69, 9.17) is 0 Å². The molecule has 1 aromatic rings. The smallest absolute Gasteiger partial charge is 0.0213 e. The van der Waals surface area contributed by atoms with Crippen molar-refractivity contribution in [1.29, 1.82) is 0 Å². The summed E-state index contributed by atoms with van der Waals surface area (Å²) in [6.45, 7) is 7.83. The van der Waals surface area contributed by atoms with E-state index in [-0.39, 0.29) is 0 Å². The normalized spacial score (nSPS) is 24.2. The predicted molar refractivity (Wildman–Crippen MR) is 78.8 cm³/mol. The van der Waals surface area contributed by atoms with Gasteiger partial charge in [0.05, 0.1) is 0 Å². The van der Waals surface area contributed by atoms with E-state index in [9.17, 15) is 0 Å². The number of hydrogen-bond donors (Lipinski definition) is 1. The molecule has 0 heterocycles. The van der Waals surface area contributed by atoms with Crippen molar-refractivity contribution in [2.45, 2.75) is 65.5 Å². The Morgan fingerprint density at radius 3 is 2.44 bits per heavy atom. The third-order valence-electron chi connectivity index (χ3n) is 4.62. The van der Waals surface area contributed by atoms with Crippen molar-refractivity contribution in [3.63, 3.8) is 0 Å².